The van der Waals surface area contributed by atoms with Crippen LogP contribution in [0.4, 0.5) is 5.69 Å². The first-order valence-electron chi connectivity index (χ1n) is 5.54. The van der Waals surface area contributed by atoms with Gasteiger partial charge in [-0.2, -0.15) is 0 Å². The van der Waals surface area contributed by atoms with Crippen molar-refractivity contribution in [3.8, 4) is 0 Å². The molecule has 1 aromatic carbocycles. The van der Waals surface area contributed by atoms with Crippen molar-refractivity contribution in [1.29, 1.82) is 0 Å². The largest absolute Gasteiger partial charge is 0.480 e. The molecule has 0 aliphatic carbocycles. The van der Waals surface area contributed by atoms with Crippen LogP contribution in [0.15, 0.2) is 24.3 Å². The van der Waals surface area contributed by atoms with E-state index in [1.54, 1.807) is 0 Å². The van der Waals surface area contributed by atoms with Gasteiger partial charge in [0.05, 0.1) is 4.92 Å². The molecule has 0 fully saturated rings. The first-order chi connectivity index (χ1) is 8.77. The third-order valence-electron chi connectivity index (χ3n) is 3.08. The SMILES string of the molecule is CC(CCc1ccc([N+](=O)[O-])cc1)(C(N)=O)C(=O)O. The van der Waals surface area contributed by atoms with Crippen LogP contribution < -0.4 is 5.73 Å². The Kier molecular flexibility index (Phi) is 4.21. The van der Waals surface area contributed by atoms with E-state index in [2.05, 4.69) is 0 Å². The number of non-ortho nitro benzene ring substituents is 1. The lowest BCUT2D eigenvalue weighted by atomic mass is 9.83. The number of aliphatic carboxylic acids is 1. The average Bonchev–Trinajstić information content (AvgIpc) is 2.35. The van der Waals surface area contributed by atoms with Gasteiger partial charge in [-0.25, -0.2) is 0 Å². The summed E-state index contributed by atoms with van der Waals surface area (Å²) in [5, 5.41) is 19.5. The second-order valence-electron chi connectivity index (χ2n) is 4.43. The first kappa shape index (κ1) is 14.6. The molecule has 0 saturated heterocycles. The van der Waals surface area contributed by atoms with Gasteiger partial charge >= 0.3 is 5.97 Å². The number of amides is 1. The highest BCUT2D eigenvalue weighted by molar-refractivity contribution is 6.00. The van der Waals surface area contributed by atoms with Crippen LogP contribution in [-0.2, 0) is 16.0 Å². The molecule has 0 radical (unpaired) electrons. The minimum absolute atomic E-state index is 0.0372. The molecule has 0 spiro atoms. The fourth-order valence-corrected chi connectivity index (χ4v) is 1.51. The molecule has 3 N–H and O–H groups in total. The third-order valence-corrected chi connectivity index (χ3v) is 3.08. The van der Waals surface area contributed by atoms with Crippen molar-refractivity contribution in [3.63, 3.8) is 0 Å². The van der Waals surface area contributed by atoms with E-state index in [-0.39, 0.29) is 12.1 Å². The van der Waals surface area contributed by atoms with Gasteiger partial charge in [-0.1, -0.05) is 12.1 Å². The van der Waals surface area contributed by atoms with Gasteiger partial charge in [0, 0.05) is 12.1 Å². The lowest BCUT2D eigenvalue weighted by Crippen LogP contribution is -2.41. The second-order valence-corrected chi connectivity index (χ2v) is 4.43. The Labute approximate surface area is 109 Å². The number of nitro groups is 1. The van der Waals surface area contributed by atoms with Crippen LogP contribution in [-0.4, -0.2) is 21.9 Å². The Morgan fingerprint density at radius 2 is 1.89 bits per heavy atom. The van der Waals surface area contributed by atoms with E-state index in [0.29, 0.717) is 12.0 Å². The summed E-state index contributed by atoms with van der Waals surface area (Å²) in [5.74, 6) is -2.18. The van der Waals surface area contributed by atoms with Gasteiger partial charge in [0.15, 0.2) is 0 Å². The minimum atomic E-state index is -1.64. The van der Waals surface area contributed by atoms with Crippen molar-refractivity contribution in [2.45, 2.75) is 19.8 Å². The second kappa shape index (κ2) is 5.47. The molecular formula is C12H14N2O5. The van der Waals surface area contributed by atoms with E-state index in [1.807, 2.05) is 0 Å². The fraction of sp³-hybridized carbons (Fsp3) is 0.333. The number of benzene rings is 1. The number of rotatable bonds is 6. The van der Waals surface area contributed by atoms with E-state index in [1.165, 1.54) is 31.2 Å². The number of hydrogen-bond acceptors (Lipinski definition) is 4. The molecule has 7 heteroatoms. The van der Waals surface area contributed by atoms with E-state index in [0.717, 1.165) is 0 Å². The molecule has 102 valence electrons. The maximum atomic E-state index is 11.2. The highest BCUT2D eigenvalue weighted by atomic mass is 16.6. The monoisotopic (exact) mass is 266 g/mol. The van der Waals surface area contributed by atoms with Crippen LogP contribution in [0.1, 0.15) is 18.9 Å². The summed E-state index contributed by atoms with van der Waals surface area (Å²) < 4.78 is 0. The van der Waals surface area contributed by atoms with Crippen molar-refractivity contribution in [2.75, 3.05) is 0 Å². The number of aryl methyl sites for hydroxylation is 1. The lowest BCUT2D eigenvalue weighted by molar-refractivity contribution is -0.384. The zero-order chi connectivity index (χ0) is 14.6. The van der Waals surface area contributed by atoms with E-state index in [4.69, 9.17) is 10.8 Å². The predicted octanol–water partition coefficient (Wildman–Crippen LogP) is 1.10. The number of primary amides is 1. The Balaban J connectivity index is 2.78. The number of carboxylic acids is 1. The van der Waals surface area contributed by atoms with Crippen LogP contribution in [0.5, 0.6) is 0 Å². The Bertz CT molecular complexity index is 495. The topological polar surface area (TPSA) is 124 Å². The summed E-state index contributed by atoms with van der Waals surface area (Å²) in [4.78, 5) is 32.2. The van der Waals surface area contributed by atoms with E-state index >= 15 is 0 Å². The van der Waals surface area contributed by atoms with Crippen molar-refractivity contribution in [2.24, 2.45) is 11.1 Å². The van der Waals surface area contributed by atoms with Crippen molar-refractivity contribution >= 4 is 17.6 Å². The molecule has 1 rings (SSSR count). The molecule has 0 saturated carbocycles. The van der Waals surface area contributed by atoms with Gasteiger partial charge in [0.2, 0.25) is 5.91 Å². The minimum Gasteiger partial charge on any atom is -0.480 e. The van der Waals surface area contributed by atoms with Crippen LogP contribution in [0.25, 0.3) is 0 Å². The summed E-state index contributed by atoms with van der Waals surface area (Å²) in [6, 6.07) is 5.72. The van der Waals surface area contributed by atoms with Crippen LogP contribution in [0.3, 0.4) is 0 Å². The molecule has 0 bridgehead atoms. The molecule has 19 heavy (non-hydrogen) atoms. The standard InChI is InChI=1S/C12H14N2O5/c1-12(10(13)15,11(16)17)7-6-8-2-4-9(5-3-8)14(18)19/h2-5H,6-7H2,1H3,(H2,13,15)(H,16,17). The number of nitrogens with zero attached hydrogens (tertiary/aromatic N) is 1. The van der Waals surface area contributed by atoms with Gasteiger partial charge in [0.1, 0.15) is 5.41 Å². The first-order valence-corrected chi connectivity index (χ1v) is 5.54. The molecule has 1 aromatic rings. The number of carboxylic acid groups (broad SMARTS) is 1. The lowest BCUT2D eigenvalue weighted by Gasteiger charge is -2.20. The molecule has 1 atom stereocenters. The normalized spacial score (nSPS) is 13.5. The van der Waals surface area contributed by atoms with Gasteiger partial charge in [0.25, 0.3) is 5.69 Å². The number of nitro benzene ring substituents is 1. The highest BCUT2D eigenvalue weighted by Crippen LogP contribution is 2.24. The molecule has 7 nitrogen and oxygen atoms in total. The summed E-state index contributed by atoms with van der Waals surface area (Å²) in [7, 11) is 0. The van der Waals surface area contributed by atoms with Gasteiger partial charge in [-0.3, -0.25) is 19.7 Å². The molecule has 0 aliphatic heterocycles. The Morgan fingerprint density at radius 3 is 2.26 bits per heavy atom. The Hall–Kier alpha value is -2.44. The molecule has 1 amide bonds. The summed E-state index contributed by atoms with van der Waals surface area (Å²) >= 11 is 0. The average molecular weight is 266 g/mol. The van der Waals surface area contributed by atoms with Gasteiger partial charge < -0.3 is 10.8 Å². The maximum Gasteiger partial charge on any atom is 0.318 e. The Morgan fingerprint density at radius 1 is 1.37 bits per heavy atom. The highest BCUT2D eigenvalue weighted by Gasteiger charge is 2.39. The molecule has 0 aliphatic rings. The van der Waals surface area contributed by atoms with E-state index < -0.39 is 22.2 Å². The van der Waals surface area contributed by atoms with Gasteiger partial charge in [-0.05, 0) is 25.3 Å². The summed E-state index contributed by atoms with van der Waals surface area (Å²) in [5.41, 5.74) is 4.12. The molecule has 1 unspecified atom stereocenters. The fourth-order valence-electron chi connectivity index (χ4n) is 1.51. The maximum absolute atomic E-state index is 11.2. The van der Waals surface area contributed by atoms with Crippen molar-refractivity contribution in [3.05, 3.63) is 39.9 Å². The number of hydrogen-bond donors (Lipinski definition) is 2. The smallest absolute Gasteiger partial charge is 0.318 e. The van der Waals surface area contributed by atoms with Crippen molar-refractivity contribution in [1.82, 2.24) is 0 Å². The number of carbonyl (C=O) groups is 2. The van der Waals surface area contributed by atoms with Crippen LogP contribution >= 0.6 is 0 Å². The third kappa shape index (κ3) is 3.27. The molecular weight excluding hydrogens is 252 g/mol. The molecule has 0 aromatic heterocycles. The van der Waals surface area contributed by atoms with E-state index in [9.17, 15) is 19.7 Å². The van der Waals surface area contributed by atoms with Gasteiger partial charge in [-0.15, -0.1) is 0 Å². The predicted molar refractivity (Wildman–Crippen MR) is 66.4 cm³/mol. The van der Waals surface area contributed by atoms with Crippen LogP contribution in [0, 0.1) is 15.5 Å². The van der Waals surface area contributed by atoms with Crippen molar-refractivity contribution < 1.29 is 19.6 Å². The van der Waals surface area contributed by atoms with Crippen LogP contribution in [0.2, 0.25) is 0 Å². The summed E-state index contributed by atoms with van der Waals surface area (Å²) in [6.45, 7) is 1.27. The molecule has 0 heterocycles. The zero-order valence-electron chi connectivity index (χ0n) is 10.3. The number of nitrogens with two attached hydrogens (primary N) is 1. The quantitative estimate of drug-likeness (QED) is 0.453. The number of carbonyl (C=O) groups excluding carboxylic acids is 1. The zero-order valence-corrected chi connectivity index (χ0v) is 10.3. The summed E-state index contributed by atoms with van der Waals surface area (Å²) in [6.07, 6.45) is 0.333.